The first-order valence-electron chi connectivity index (χ1n) is 16.1. The van der Waals surface area contributed by atoms with Crippen molar-refractivity contribution in [3.05, 3.63) is 204 Å². The molecule has 0 aromatic heterocycles. The quantitative estimate of drug-likeness (QED) is 0.166. The molecule has 0 aliphatic heterocycles. The van der Waals surface area contributed by atoms with Crippen molar-refractivity contribution in [1.82, 2.24) is 0 Å². The van der Waals surface area contributed by atoms with Gasteiger partial charge in [-0.3, -0.25) is 0 Å². The average molecular weight is 607 g/mol. The zero-order chi connectivity index (χ0) is 30.9. The van der Waals surface area contributed by atoms with Gasteiger partial charge < -0.3 is 0 Å². The minimum atomic E-state index is -0.899. The Balaban J connectivity index is 1.56. The van der Waals surface area contributed by atoms with Crippen LogP contribution in [0.5, 0.6) is 0 Å². The lowest BCUT2D eigenvalue weighted by Gasteiger charge is -2.37. The Morgan fingerprint density at radius 2 is 1.17 bits per heavy atom. The summed E-state index contributed by atoms with van der Waals surface area (Å²) in [5, 5.41) is 6.82. The van der Waals surface area contributed by atoms with Crippen molar-refractivity contribution in [2.75, 3.05) is 0 Å². The highest BCUT2D eigenvalue weighted by atomic mass is 31.1. The Hall–Kier alpha value is -5.03. The van der Waals surface area contributed by atoms with Crippen LogP contribution in [0.1, 0.15) is 23.1 Å². The van der Waals surface area contributed by atoms with Gasteiger partial charge in [-0.1, -0.05) is 164 Å². The van der Waals surface area contributed by atoms with Gasteiger partial charge in [-0.15, -0.1) is 0 Å². The lowest BCUT2D eigenvalue weighted by molar-refractivity contribution is 0.801. The first-order chi connectivity index (χ1) is 22.8. The highest BCUT2D eigenvalue weighted by Gasteiger charge is 2.36. The molecule has 0 amide bonds. The zero-order valence-corrected chi connectivity index (χ0v) is 26.9. The Labute approximate surface area is 273 Å². The summed E-state index contributed by atoms with van der Waals surface area (Å²) >= 11 is 0. The number of benzene rings is 6. The molecule has 6 aromatic carbocycles. The van der Waals surface area contributed by atoms with Crippen LogP contribution in [-0.2, 0) is 0 Å². The Kier molecular flexibility index (Phi) is 7.67. The van der Waals surface area contributed by atoms with Crippen LogP contribution in [0.15, 0.2) is 187 Å². The van der Waals surface area contributed by atoms with E-state index in [1.54, 1.807) is 0 Å². The van der Waals surface area contributed by atoms with E-state index in [2.05, 4.69) is 183 Å². The second kappa shape index (κ2) is 12.4. The molecule has 2 aliphatic carbocycles. The van der Waals surface area contributed by atoms with Crippen LogP contribution in [0.25, 0.3) is 33.0 Å². The van der Waals surface area contributed by atoms with Crippen molar-refractivity contribution >= 4 is 40.4 Å². The predicted octanol–water partition coefficient (Wildman–Crippen LogP) is 11.3. The molecule has 1 unspecified atom stereocenters. The van der Waals surface area contributed by atoms with Crippen molar-refractivity contribution < 1.29 is 0 Å². The highest BCUT2D eigenvalue weighted by molar-refractivity contribution is 7.77. The van der Waals surface area contributed by atoms with Gasteiger partial charge >= 0.3 is 0 Å². The molecule has 1 heteroatoms. The van der Waals surface area contributed by atoms with Crippen LogP contribution in [0.2, 0.25) is 0 Å². The van der Waals surface area contributed by atoms with E-state index in [0.29, 0.717) is 0 Å². The Morgan fingerprint density at radius 1 is 0.609 bits per heavy atom. The topological polar surface area (TPSA) is 0 Å². The monoisotopic (exact) mass is 606 g/mol. The molecule has 46 heavy (non-hydrogen) atoms. The van der Waals surface area contributed by atoms with E-state index in [1.165, 1.54) is 71.2 Å². The third kappa shape index (κ3) is 5.10. The van der Waals surface area contributed by atoms with E-state index >= 15 is 0 Å². The van der Waals surface area contributed by atoms with Crippen LogP contribution >= 0.6 is 7.92 Å². The lowest BCUT2D eigenvalue weighted by atomic mass is 9.73. The van der Waals surface area contributed by atoms with Crippen molar-refractivity contribution in [2.45, 2.75) is 13.3 Å². The molecule has 0 nitrogen and oxygen atoms in total. The van der Waals surface area contributed by atoms with Gasteiger partial charge in [-0.05, 0) is 105 Å². The fraction of sp³-hybridized carbons (Fsp3) is 0.0667. The summed E-state index contributed by atoms with van der Waals surface area (Å²) in [4.78, 5) is 0. The summed E-state index contributed by atoms with van der Waals surface area (Å²) in [6, 6.07) is 55.8. The molecule has 0 saturated heterocycles. The van der Waals surface area contributed by atoms with Gasteiger partial charge in [0.1, 0.15) is 0 Å². The maximum Gasteiger partial charge on any atom is 0.0137 e. The number of hydrogen-bond donors (Lipinski definition) is 0. The van der Waals surface area contributed by atoms with E-state index < -0.39 is 7.92 Å². The molecule has 1 atom stereocenters. The van der Waals surface area contributed by atoms with E-state index in [0.717, 1.165) is 6.42 Å². The number of fused-ring (bicyclic) bond motifs is 2. The van der Waals surface area contributed by atoms with Gasteiger partial charge in [0.15, 0.2) is 0 Å². The van der Waals surface area contributed by atoms with Crippen LogP contribution in [0, 0.1) is 12.8 Å². The number of hydrogen-bond acceptors (Lipinski definition) is 0. The van der Waals surface area contributed by atoms with Crippen LogP contribution in [0.4, 0.5) is 0 Å². The molecule has 0 spiro atoms. The summed E-state index contributed by atoms with van der Waals surface area (Å²) in [6.07, 6.45) is 10.4. The van der Waals surface area contributed by atoms with Gasteiger partial charge in [0, 0.05) is 5.92 Å². The summed E-state index contributed by atoms with van der Waals surface area (Å²) in [5.41, 5.74) is 10.8. The fourth-order valence-corrected chi connectivity index (χ4v) is 9.97. The van der Waals surface area contributed by atoms with Gasteiger partial charge in [0.2, 0.25) is 0 Å². The second-order valence-corrected chi connectivity index (χ2v) is 14.2. The zero-order valence-electron chi connectivity index (χ0n) is 26.0. The van der Waals surface area contributed by atoms with E-state index in [1.807, 2.05) is 0 Å². The molecule has 0 N–H and O–H groups in total. The average Bonchev–Trinajstić information content (AvgIpc) is 3.13. The van der Waals surface area contributed by atoms with Crippen LogP contribution in [-0.4, -0.2) is 0 Å². The van der Waals surface area contributed by atoms with E-state index in [9.17, 15) is 0 Å². The minimum absolute atomic E-state index is 0.262. The maximum absolute atomic E-state index is 2.50. The third-order valence-corrected chi connectivity index (χ3v) is 11.9. The first-order valence-corrected chi connectivity index (χ1v) is 17.5. The second-order valence-electron chi connectivity index (χ2n) is 12.1. The number of rotatable bonds is 6. The smallest absolute Gasteiger partial charge is 0.0137 e. The predicted molar refractivity (Wildman–Crippen MR) is 200 cm³/mol. The summed E-state index contributed by atoms with van der Waals surface area (Å²) in [7, 11) is -0.899. The van der Waals surface area contributed by atoms with Gasteiger partial charge in [0.25, 0.3) is 0 Å². The molecule has 220 valence electrons. The Bertz CT molecular complexity index is 2110. The van der Waals surface area contributed by atoms with Gasteiger partial charge in [-0.2, -0.15) is 0 Å². The first kappa shape index (κ1) is 28.4. The SMILES string of the molecule is Cc1c(-c2ccccc2)cc2ccccc2c1C1=C(P(c2ccccc2)c2ccccc2)C(c2ccccc2)=CC2=CC=CCC21. The molecule has 2 aliphatic rings. The standard InChI is InChI=1S/C45H35P/c1-32-41(33-18-6-2-7-19-33)30-35-22-14-16-28-39(35)43(32)44-40-29-17-15-23-36(40)31-42(34-20-8-3-9-21-34)45(44)46(37-24-10-4-11-25-37)38-26-12-5-13-27-38/h2-28,30-31,40H,29H2,1H3. The van der Waals surface area contributed by atoms with Crippen molar-refractivity contribution in [3.8, 4) is 11.1 Å². The molecule has 6 aromatic rings. The van der Waals surface area contributed by atoms with Gasteiger partial charge in [0.05, 0.1) is 0 Å². The van der Waals surface area contributed by atoms with Crippen molar-refractivity contribution in [3.63, 3.8) is 0 Å². The summed E-state index contributed by atoms with van der Waals surface area (Å²) in [5.74, 6) is 0.262. The molecule has 0 radical (unpaired) electrons. The Morgan fingerprint density at radius 3 is 1.83 bits per heavy atom. The lowest BCUT2D eigenvalue weighted by Crippen LogP contribution is -2.21. The molecular formula is C45H35P. The van der Waals surface area contributed by atoms with Crippen LogP contribution in [0.3, 0.4) is 0 Å². The number of allylic oxidation sites excluding steroid dienone is 8. The molecule has 8 rings (SSSR count). The highest BCUT2D eigenvalue weighted by Crippen LogP contribution is 2.59. The molecule has 0 bridgehead atoms. The molecule has 0 heterocycles. The van der Waals surface area contributed by atoms with E-state index in [-0.39, 0.29) is 5.92 Å². The van der Waals surface area contributed by atoms with Crippen molar-refractivity contribution in [2.24, 2.45) is 5.92 Å². The van der Waals surface area contributed by atoms with Gasteiger partial charge in [-0.25, -0.2) is 0 Å². The largest absolute Gasteiger partial charge is 0.0836 e. The fourth-order valence-electron chi connectivity index (χ4n) is 7.27. The normalized spacial score (nSPS) is 15.9. The maximum atomic E-state index is 2.50. The van der Waals surface area contributed by atoms with Crippen LogP contribution < -0.4 is 10.6 Å². The minimum Gasteiger partial charge on any atom is -0.0836 e. The third-order valence-electron chi connectivity index (χ3n) is 9.37. The molecule has 0 fully saturated rings. The van der Waals surface area contributed by atoms with E-state index in [4.69, 9.17) is 0 Å². The summed E-state index contributed by atoms with van der Waals surface area (Å²) < 4.78 is 0. The summed E-state index contributed by atoms with van der Waals surface area (Å²) in [6.45, 7) is 2.35. The molecule has 0 saturated carbocycles. The van der Waals surface area contributed by atoms with Crippen molar-refractivity contribution in [1.29, 1.82) is 0 Å². The molecular weight excluding hydrogens is 571 g/mol.